The van der Waals surface area contributed by atoms with Crippen LogP contribution in [0.5, 0.6) is 0 Å². The minimum Gasteiger partial charge on any atom is -0.336 e. The number of hydrogen-bond acceptors (Lipinski definition) is 3. The lowest BCUT2D eigenvalue weighted by Gasteiger charge is -2.49. The zero-order valence-electron chi connectivity index (χ0n) is 12.5. The standard InChI is InChI=1S/C14H6F10N2O/c15-9-10(16,8-7(27-26-25-8)6-4-2-1-3-5-6)12(19,20)14(23,24)13(21,22)11(9,17)18/h1-5,9H. The molecule has 0 N–H and O–H groups in total. The molecule has 0 spiro atoms. The molecule has 2 atom stereocenters. The molecule has 1 fully saturated rings. The van der Waals surface area contributed by atoms with Crippen molar-refractivity contribution in [3.05, 3.63) is 36.0 Å². The van der Waals surface area contributed by atoms with Gasteiger partial charge in [-0.15, -0.1) is 5.10 Å². The van der Waals surface area contributed by atoms with E-state index in [-0.39, 0.29) is 5.56 Å². The number of alkyl halides is 10. The van der Waals surface area contributed by atoms with E-state index in [1.165, 1.54) is 18.2 Å². The van der Waals surface area contributed by atoms with Gasteiger partial charge in [-0.1, -0.05) is 30.3 Å². The van der Waals surface area contributed by atoms with Crippen LogP contribution in [0.3, 0.4) is 0 Å². The minimum atomic E-state index is -6.96. The monoisotopic (exact) mass is 408 g/mol. The molecule has 0 amide bonds. The normalized spacial score (nSPS) is 30.8. The fourth-order valence-electron chi connectivity index (χ4n) is 2.68. The first-order chi connectivity index (χ1) is 12.2. The summed E-state index contributed by atoms with van der Waals surface area (Å²) >= 11 is 0. The van der Waals surface area contributed by atoms with E-state index in [9.17, 15) is 39.5 Å². The predicted octanol–water partition coefficient (Wildman–Crippen LogP) is 4.79. The Morgan fingerprint density at radius 2 is 1.33 bits per heavy atom. The first kappa shape index (κ1) is 19.4. The van der Waals surface area contributed by atoms with E-state index in [0.717, 1.165) is 12.1 Å². The Morgan fingerprint density at radius 3 is 1.89 bits per heavy atom. The summed E-state index contributed by atoms with van der Waals surface area (Å²) in [6, 6.07) is 5.85. The smallest absolute Gasteiger partial charge is 0.336 e. The minimum absolute atomic E-state index is 0.374. The van der Waals surface area contributed by atoms with Crippen molar-refractivity contribution in [1.29, 1.82) is 0 Å². The summed E-state index contributed by atoms with van der Waals surface area (Å²) in [5.41, 5.74) is -8.14. The Labute approximate surface area is 142 Å². The molecule has 0 aliphatic heterocycles. The highest BCUT2D eigenvalue weighted by Gasteiger charge is 2.96. The van der Waals surface area contributed by atoms with Crippen LogP contribution in [0, 0.1) is 0 Å². The van der Waals surface area contributed by atoms with Gasteiger partial charge in [-0.05, 0) is 0 Å². The van der Waals surface area contributed by atoms with E-state index in [0.29, 0.717) is 0 Å². The molecule has 3 rings (SSSR count). The van der Waals surface area contributed by atoms with E-state index in [1.807, 2.05) is 0 Å². The molecule has 1 saturated carbocycles. The SMILES string of the molecule is FC1C(F)(F)C(F)(F)C(F)(F)C(F)(F)C1(F)c1nnoc1-c1ccccc1. The van der Waals surface area contributed by atoms with Crippen molar-refractivity contribution in [2.24, 2.45) is 0 Å². The first-order valence-electron chi connectivity index (χ1n) is 6.97. The van der Waals surface area contributed by atoms with Crippen LogP contribution in [-0.2, 0) is 5.67 Å². The number of rotatable bonds is 2. The highest BCUT2D eigenvalue weighted by molar-refractivity contribution is 5.61. The summed E-state index contributed by atoms with van der Waals surface area (Å²) in [6.07, 6.45) is -5.09. The molecule has 1 heterocycles. The van der Waals surface area contributed by atoms with Crippen LogP contribution < -0.4 is 0 Å². The molecule has 0 bridgehead atoms. The number of benzene rings is 1. The largest absolute Gasteiger partial charge is 0.382 e. The number of hydrogen-bond donors (Lipinski definition) is 0. The second kappa shape index (κ2) is 5.35. The Bertz CT molecular complexity index is 853. The van der Waals surface area contributed by atoms with Crippen LogP contribution in [0.4, 0.5) is 43.9 Å². The average Bonchev–Trinajstić information content (AvgIpc) is 3.09. The van der Waals surface area contributed by atoms with Gasteiger partial charge >= 0.3 is 23.7 Å². The highest BCUT2D eigenvalue weighted by Crippen LogP contribution is 2.68. The fraction of sp³-hybridized carbons (Fsp3) is 0.429. The van der Waals surface area contributed by atoms with Gasteiger partial charge in [0.1, 0.15) is 0 Å². The summed E-state index contributed by atoms with van der Waals surface area (Å²) in [7, 11) is 0. The Balaban J connectivity index is 2.31. The third kappa shape index (κ3) is 2.05. The highest BCUT2D eigenvalue weighted by atomic mass is 19.4. The van der Waals surface area contributed by atoms with Crippen molar-refractivity contribution >= 4 is 0 Å². The third-order valence-corrected chi connectivity index (χ3v) is 4.20. The maximum Gasteiger partial charge on any atom is 0.382 e. The van der Waals surface area contributed by atoms with Crippen molar-refractivity contribution in [2.45, 2.75) is 35.5 Å². The third-order valence-electron chi connectivity index (χ3n) is 4.20. The molecule has 0 radical (unpaired) electrons. The van der Waals surface area contributed by atoms with Gasteiger partial charge in [0.25, 0.3) is 5.67 Å². The molecule has 13 heteroatoms. The van der Waals surface area contributed by atoms with E-state index in [4.69, 9.17) is 0 Å². The summed E-state index contributed by atoms with van der Waals surface area (Å²) in [6.45, 7) is 0. The predicted molar refractivity (Wildman–Crippen MR) is 67.2 cm³/mol. The molecule has 2 unspecified atom stereocenters. The van der Waals surface area contributed by atoms with Crippen molar-refractivity contribution in [3.63, 3.8) is 0 Å². The zero-order chi connectivity index (χ0) is 20.5. The lowest BCUT2D eigenvalue weighted by Crippen LogP contribution is -2.78. The van der Waals surface area contributed by atoms with Crippen LogP contribution in [0.2, 0.25) is 0 Å². The van der Waals surface area contributed by atoms with Crippen molar-refractivity contribution in [2.75, 3.05) is 0 Å². The van der Waals surface area contributed by atoms with Crippen LogP contribution >= 0.6 is 0 Å². The molecule has 3 nitrogen and oxygen atoms in total. The van der Waals surface area contributed by atoms with Gasteiger partial charge in [-0.2, -0.15) is 35.1 Å². The van der Waals surface area contributed by atoms with Gasteiger partial charge in [0, 0.05) is 10.8 Å². The summed E-state index contributed by atoms with van der Waals surface area (Å²) in [4.78, 5) is 0. The van der Waals surface area contributed by atoms with Crippen LogP contribution in [-0.4, -0.2) is 40.2 Å². The van der Waals surface area contributed by atoms with Gasteiger partial charge in [0.05, 0.1) is 0 Å². The van der Waals surface area contributed by atoms with Crippen molar-refractivity contribution < 1.29 is 48.4 Å². The topological polar surface area (TPSA) is 38.9 Å². The van der Waals surface area contributed by atoms with E-state index in [1.54, 1.807) is 0 Å². The van der Waals surface area contributed by atoms with E-state index in [2.05, 4.69) is 14.9 Å². The van der Waals surface area contributed by atoms with Gasteiger partial charge in [-0.3, -0.25) is 0 Å². The zero-order valence-corrected chi connectivity index (χ0v) is 12.5. The molecule has 1 aliphatic carbocycles. The first-order valence-corrected chi connectivity index (χ1v) is 6.97. The van der Waals surface area contributed by atoms with E-state index < -0.39 is 47.0 Å². The average molecular weight is 408 g/mol. The van der Waals surface area contributed by atoms with Gasteiger partial charge in [0.15, 0.2) is 11.5 Å². The maximum atomic E-state index is 15.0. The molecule has 148 valence electrons. The summed E-state index contributed by atoms with van der Waals surface area (Å²) < 4.78 is 142. The number of aromatic nitrogens is 2. The molecule has 27 heavy (non-hydrogen) atoms. The number of halogens is 10. The molecular weight excluding hydrogens is 402 g/mol. The Hall–Kier alpha value is -2.34. The second-order valence-electron chi connectivity index (χ2n) is 5.74. The molecule has 1 aromatic heterocycles. The lowest BCUT2D eigenvalue weighted by molar-refractivity contribution is -0.446. The summed E-state index contributed by atoms with van der Waals surface area (Å²) in [5.74, 6) is -28.2. The maximum absolute atomic E-state index is 15.0. The quantitative estimate of drug-likeness (QED) is 0.671. The van der Waals surface area contributed by atoms with E-state index >= 15 is 4.39 Å². The van der Waals surface area contributed by atoms with Gasteiger partial charge < -0.3 is 4.52 Å². The molecule has 1 aliphatic rings. The molecule has 0 saturated heterocycles. The molecular formula is C14H6F10N2O. The Kier molecular flexibility index (Phi) is 3.85. The number of nitrogens with zero attached hydrogens (tertiary/aromatic N) is 2. The van der Waals surface area contributed by atoms with Crippen molar-refractivity contribution in [1.82, 2.24) is 10.4 Å². The van der Waals surface area contributed by atoms with Crippen molar-refractivity contribution in [3.8, 4) is 11.3 Å². The lowest BCUT2D eigenvalue weighted by atomic mass is 9.71. The van der Waals surface area contributed by atoms with Gasteiger partial charge in [-0.25, -0.2) is 8.78 Å². The molecule has 1 aromatic carbocycles. The molecule has 2 aromatic rings. The fourth-order valence-corrected chi connectivity index (χ4v) is 2.68. The van der Waals surface area contributed by atoms with Crippen LogP contribution in [0.25, 0.3) is 11.3 Å². The summed E-state index contributed by atoms with van der Waals surface area (Å²) in [5, 5.41) is 5.20. The van der Waals surface area contributed by atoms with Gasteiger partial charge in [0.2, 0.25) is 6.17 Å². The van der Waals surface area contributed by atoms with Crippen LogP contribution in [0.1, 0.15) is 5.69 Å². The Morgan fingerprint density at radius 1 is 0.778 bits per heavy atom. The van der Waals surface area contributed by atoms with Crippen LogP contribution in [0.15, 0.2) is 34.9 Å². The second-order valence-corrected chi connectivity index (χ2v) is 5.74.